The van der Waals surface area contributed by atoms with E-state index in [1.807, 2.05) is 4.90 Å². The summed E-state index contributed by atoms with van der Waals surface area (Å²) >= 11 is 0. The van der Waals surface area contributed by atoms with Crippen molar-refractivity contribution in [3.05, 3.63) is 15.8 Å². The minimum absolute atomic E-state index is 0.0219. The van der Waals surface area contributed by atoms with Crippen LogP contribution in [-0.2, 0) is 0 Å². The molecule has 1 atom stereocenters. The Bertz CT molecular complexity index is 491. The van der Waals surface area contributed by atoms with Crippen LogP contribution in [0.1, 0.15) is 31.9 Å². The topological polar surface area (TPSA) is 98.2 Å². The molecule has 104 valence electrons. The van der Waals surface area contributed by atoms with Gasteiger partial charge in [-0.1, -0.05) is 13.3 Å². The largest absolute Gasteiger partial charge is 0.368 e. The molecule has 0 radical (unpaired) electrons. The van der Waals surface area contributed by atoms with Gasteiger partial charge in [-0.25, -0.2) is 4.98 Å². The van der Waals surface area contributed by atoms with E-state index in [0.29, 0.717) is 17.4 Å². The van der Waals surface area contributed by atoms with Crippen molar-refractivity contribution in [2.24, 2.45) is 5.92 Å². The molecule has 19 heavy (non-hydrogen) atoms. The SMILES string of the molecule is CCCC1CCN(c2nc(N)nc(C)c2[N+](=O)[O-])C1. The summed E-state index contributed by atoms with van der Waals surface area (Å²) in [6, 6.07) is 0. The Labute approximate surface area is 112 Å². The second kappa shape index (κ2) is 5.38. The maximum atomic E-state index is 11.2. The minimum Gasteiger partial charge on any atom is -0.368 e. The molecule has 2 heterocycles. The summed E-state index contributed by atoms with van der Waals surface area (Å²) in [5, 5.41) is 11.2. The summed E-state index contributed by atoms with van der Waals surface area (Å²) in [5.41, 5.74) is 5.92. The Morgan fingerprint density at radius 1 is 1.53 bits per heavy atom. The molecule has 7 nitrogen and oxygen atoms in total. The zero-order valence-corrected chi connectivity index (χ0v) is 11.3. The molecule has 1 saturated heterocycles. The molecule has 2 rings (SSSR count). The number of nitrogen functional groups attached to an aromatic ring is 1. The van der Waals surface area contributed by atoms with Gasteiger partial charge < -0.3 is 10.6 Å². The molecule has 0 amide bonds. The third kappa shape index (κ3) is 2.74. The third-order valence-corrected chi connectivity index (χ3v) is 3.52. The second-order valence-electron chi connectivity index (χ2n) is 4.99. The van der Waals surface area contributed by atoms with E-state index in [4.69, 9.17) is 5.73 Å². The standard InChI is InChI=1S/C12H19N5O2/c1-3-4-9-5-6-16(7-9)11-10(17(18)19)8(2)14-12(13)15-11/h9H,3-7H2,1-2H3,(H2,13,14,15). The molecule has 1 aromatic heterocycles. The van der Waals surface area contributed by atoms with Crippen LogP contribution >= 0.6 is 0 Å². The van der Waals surface area contributed by atoms with Gasteiger partial charge in [0.1, 0.15) is 5.69 Å². The molecule has 2 N–H and O–H groups in total. The van der Waals surface area contributed by atoms with Crippen LogP contribution in [0.3, 0.4) is 0 Å². The molecule has 0 aliphatic carbocycles. The van der Waals surface area contributed by atoms with E-state index in [9.17, 15) is 10.1 Å². The van der Waals surface area contributed by atoms with Crippen molar-refractivity contribution in [3.8, 4) is 0 Å². The number of aromatic nitrogens is 2. The van der Waals surface area contributed by atoms with Crippen LogP contribution in [-0.4, -0.2) is 28.0 Å². The van der Waals surface area contributed by atoms with Crippen molar-refractivity contribution >= 4 is 17.5 Å². The van der Waals surface area contributed by atoms with E-state index in [1.165, 1.54) is 0 Å². The molecule has 1 aromatic rings. The molecule has 0 saturated carbocycles. The average molecular weight is 265 g/mol. The third-order valence-electron chi connectivity index (χ3n) is 3.52. The number of anilines is 2. The van der Waals surface area contributed by atoms with Crippen LogP contribution in [0.15, 0.2) is 0 Å². The quantitative estimate of drug-likeness (QED) is 0.659. The number of hydrogen-bond acceptors (Lipinski definition) is 6. The number of nitrogens with zero attached hydrogens (tertiary/aromatic N) is 4. The summed E-state index contributed by atoms with van der Waals surface area (Å²) in [5.74, 6) is 1.05. The normalized spacial score (nSPS) is 18.8. The van der Waals surface area contributed by atoms with Gasteiger partial charge in [-0.15, -0.1) is 0 Å². The average Bonchev–Trinajstić information content (AvgIpc) is 2.76. The van der Waals surface area contributed by atoms with E-state index in [-0.39, 0.29) is 11.6 Å². The molecule has 1 unspecified atom stereocenters. The zero-order chi connectivity index (χ0) is 14.0. The fourth-order valence-corrected chi connectivity index (χ4v) is 2.68. The van der Waals surface area contributed by atoms with Gasteiger partial charge in [0.05, 0.1) is 4.92 Å². The van der Waals surface area contributed by atoms with Crippen LogP contribution in [0.25, 0.3) is 0 Å². The van der Waals surface area contributed by atoms with Gasteiger partial charge in [-0.2, -0.15) is 4.98 Å². The maximum Gasteiger partial charge on any atom is 0.332 e. The smallest absolute Gasteiger partial charge is 0.332 e. The predicted octanol–water partition coefficient (Wildman–Crippen LogP) is 1.90. The van der Waals surface area contributed by atoms with Crippen molar-refractivity contribution in [2.45, 2.75) is 33.1 Å². The lowest BCUT2D eigenvalue weighted by molar-refractivity contribution is -0.385. The molecule has 7 heteroatoms. The van der Waals surface area contributed by atoms with E-state index in [2.05, 4.69) is 16.9 Å². The fourth-order valence-electron chi connectivity index (χ4n) is 2.68. The fraction of sp³-hybridized carbons (Fsp3) is 0.667. The van der Waals surface area contributed by atoms with Crippen molar-refractivity contribution in [1.82, 2.24) is 9.97 Å². The Balaban J connectivity index is 2.32. The van der Waals surface area contributed by atoms with Crippen molar-refractivity contribution in [2.75, 3.05) is 23.7 Å². The van der Waals surface area contributed by atoms with E-state index in [1.54, 1.807) is 6.92 Å². The lowest BCUT2D eigenvalue weighted by Crippen LogP contribution is -2.23. The van der Waals surface area contributed by atoms with Crippen LogP contribution < -0.4 is 10.6 Å². The first-order valence-electron chi connectivity index (χ1n) is 6.56. The van der Waals surface area contributed by atoms with Crippen molar-refractivity contribution < 1.29 is 4.92 Å². The molecular formula is C12H19N5O2. The van der Waals surface area contributed by atoms with Gasteiger partial charge >= 0.3 is 5.69 Å². The number of nitro groups is 1. The highest BCUT2D eigenvalue weighted by Gasteiger charge is 2.30. The molecule has 0 bridgehead atoms. The van der Waals surface area contributed by atoms with Gasteiger partial charge in [-0.3, -0.25) is 10.1 Å². The monoisotopic (exact) mass is 265 g/mol. The van der Waals surface area contributed by atoms with Gasteiger partial charge in [0.15, 0.2) is 0 Å². The Hall–Kier alpha value is -1.92. The number of aryl methyl sites for hydroxylation is 1. The van der Waals surface area contributed by atoms with Crippen LogP contribution in [0.5, 0.6) is 0 Å². The van der Waals surface area contributed by atoms with E-state index in [0.717, 1.165) is 32.4 Å². The summed E-state index contributed by atoms with van der Waals surface area (Å²) < 4.78 is 0. The lowest BCUT2D eigenvalue weighted by atomic mass is 10.0. The summed E-state index contributed by atoms with van der Waals surface area (Å²) in [6.07, 6.45) is 3.32. The molecule has 0 spiro atoms. The maximum absolute atomic E-state index is 11.2. The Kier molecular flexibility index (Phi) is 3.82. The predicted molar refractivity (Wildman–Crippen MR) is 73.1 cm³/mol. The van der Waals surface area contributed by atoms with E-state index < -0.39 is 4.92 Å². The Morgan fingerprint density at radius 3 is 2.89 bits per heavy atom. The molecule has 1 fully saturated rings. The first kappa shape index (κ1) is 13.5. The molecule has 0 aromatic carbocycles. The minimum atomic E-state index is -0.419. The van der Waals surface area contributed by atoms with Gasteiger partial charge in [0.25, 0.3) is 0 Å². The van der Waals surface area contributed by atoms with E-state index >= 15 is 0 Å². The van der Waals surface area contributed by atoms with Gasteiger partial charge in [0, 0.05) is 13.1 Å². The van der Waals surface area contributed by atoms with Crippen molar-refractivity contribution in [3.63, 3.8) is 0 Å². The summed E-state index contributed by atoms with van der Waals surface area (Å²) in [7, 11) is 0. The molecule has 1 aliphatic heterocycles. The first-order valence-corrected chi connectivity index (χ1v) is 6.56. The highest BCUT2D eigenvalue weighted by Crippen LogP contribution is 2.33. The molecular weight excluding hydrogens is 246 g/mol. The van der Waals surface area contributed by atoms with Crippen LogP contribution in [0.2, 0.25) is 0 Å². The van der Waals surface area contributed by atoms with Gasteiger partial charge in [-0.05, 0) is 25.7 Å². The molecule has 1 aliphatic rings. The van der Waals surface area contributed by atoms with Gasteiger partial charge in [0.2, 0.25) is 11.8 Å². The first-order chi connectivity index (χ1) is 9.02. The second-order valence-corrected chi connectivity index (χ2v) is 4.99. The van der Waals surface area contributed by atoms with Crippen LogP contribution in [0, 0.1) is 23.0 Å². The Morgan fingerprint density at radius 2 is 2.26 bits per heavy atom. The summed E-state index contributed by atoms with van der Waals surface area (Å²) in [6.45, 7) is 5.35. The number of rotatable bonds is 4. The highest BCUT2D eigenvalue weighted by atomic mass is 16.6. The zero-order valence-electron chi connectivity index (χ0n) is 11.3. The number of hydrogen-bond donors (Lipinski definition) is 1. The lowest BCUT2D eigenvalue weighted by Gasteiger charge is -2.18. The number of nitrogens with two attached hydrogens (primary N) is 1. The summed E-state index contributed by atoms with van der Waals surface area (Å²) in [4.78, 5) is 20.7. The van der Waals surface area contributed by atoms with Crippen molar-refractivity contribution in [1.29, 1.82) is 0 Å². The van der Waals surface area contributed by atoms with Crippen LogP contribution in [0.4, 0.5) is 17.5 Å². The highest BCUT2D eigenvalue weighted by molar-refractivity contribution is 5.62.